The van der Waals surface area contributed by atoms with Gasteiger partial charge in [0.25, 0.3) is 0 Å². The molecule has 26 heavy (non-hydrogen) atoms. The van der Waals surface area contributed by atoms with Crippen molar-refractivity contribution in [1.29, 1.82) is 0 Å². The first-order chi connectivity index (χ1) is 12.6. The van der Waals surface area contributed by atoms with Crippen LogP contribution in [-0.4, -0.2) is 11.6 Å². The Hall–Kier alpha value is -3.46. The van der Waals surface area contributed by atoms with E-state index < -0.39 is 0 Å². The maximum absolute atomic E-state index is 13.0. The smallest absolute Gasteiger partial charge is 0.196 e. The summed E-state index contributed by atoms with van der Waals surface area (Å²) in [6.45, 7) is 1.55. The van der Waals surface area contributed by atoms with E-state index in [0.717, 1.165) is 22.5 Å². The second-order valence-electron chi connectivity index (χ2n) is 6.25. The summed E-state index contributed by atoms with van der Waals surface area (Å²) in [5.74, 6) is 0.0526. The predicted octanol–water partition coefficient (Wildman–Crippen LogP) is 5.07. The number of hydrogen-bond donors (Lipinski definition) is 1. The van der Waals surface area contributed by atoms with Gasteiger partial charge in [-0.3, -0.25) is 9.59 Å². The molecule has 3 nitrogen and oxygen atoms in total. The molecule has 0 saturated carbocycles. The number of anilines is 1. The molecular weight excluding hydrogens is 322 g/mol. The van der Waals surface area contributed by atoms with Gasteiger partial charge in [0, 0.05) is 22.4 Å². The highest BCUT2D eigenvalue weighted by molar-refractivity contribution is 6.40. The minimum absolute atomic E-state index is 0.0228. The summed E-state index contributed by atoms with van der Waals surface area (Å²) in [5, 5.41) is 3.39. The molecule has 0 atom stereocenters. The highest BCUT2D eigenvalue weighted by Gasteiger charge is 2.30. The Morgan fingerprint density at radius 3 is 2.04 bits per heavy atom. The monoisotopic (exact) mass is 339 g/mol. The largest absolute Gasteiger partial charge is 0.354 e. The number of nitrogens with one attached hydrogen (secondary N) is 1. The molecule has 1 N–H and O–H groups in total. The van der Waals surface area contributed by atoms with Crippen molar-refractivity contribution in [2.75, 3.05) is 5.32 Å². The van der Waals surface area contributed by atoms with Crippen LogP contribution in [0.2, 0.25) is 0 Å². The molecule has 0 heterocycles. The van der Waals surface area contributed by atoms with Gasteiger partial charge in [-0.1, -0.05) is 54.6 Å². The Morgan fingerprint density at radius 2 is 1.38 bits per heavy atom. The summed E-state index contributed by atoms with van der Waals surface area (Å²) in [7, 11) is 0. The molecule has 0 aliphatic heterocycles. The van der Waals surface area contributed by atoms with Crippen molar-refractivity contribution in [3.8, 4) is 0 Å². The summed E-state index contributed by atoms with van der Waals surface area (Å²) in [5.41, 5.74) is 5.45. The Bertz CT molecular complexity index is 1030. The van der Waals surface area contributed by atoms with Gasteiger partial charge in [0.05, 0.1) is 11.3 Å². The van der Waals surface area contributed by atoms with Crippen LogP contribution in [0.15, 0.2) is 78.9 Å². The van der Waals surface area contributed by atoms with Gasteiger partial charge < -0.3 is 5.32 Å². The van der Waals surface area contributed by atoms with Crippen LogP contribution >= 0.6 is 0 Å². The Balaban J connectivity index is 1.82. The van der Waals surface area contributed by atoms with Crippen LogP contribution in [0.1, 0.15) is 38.8 Å². The van der Waals surface area contributed by atoms with Gasteiger partial charge in [0.2, 0.25) is 0 Å². The average molecular weight is 339 g/mol. The zero-order valence-electron chi connectivity index (χ0n) is 14.3. The van der Waals surface area contributed by atoms with Crippen LogP contribution in [0, 0.1) is 0 Å². The molecule has 4 rings (SSSR count). The summed E-state index contributed by atoms with van der Waals surface area (Å²) >= 11 is 0. The van der Waals surface area contributed by atoms with E-state index in [4.69, 9.17) is 0 Å². The minimum Gasteiger partial charge on any atom is -0.354 e. The van der Waals surface area contributed by atoms with E-state index in [0.29, 0.717) is 16.7 Å². The lowest BCUT2D eigenvalue weighted by molar-refractivity contribution is 0.101. The fourth-order valence-electron chi connectivity index (χ4n) is 3.22. The third-order valence-corrected chi connectivity index (χ3v) is 4.54. The molecule has 0 radical (unpaired) electrons. The number of Topliss-reactive ketones (excluding diaryl/α,β-unsaturated/α-hetero) is 2. The van der Waals surface area contributed by atoms with Crippen molar-refractivity contribution in [3.63, 3.8) is 0 Å². The molecule has 0 amide bonds. The van der Waals surface area contributed by atoms with E-state index in [9.17, 15) is 9.59 Å². The molecule has 0 unspecified atom stereocenters. The average Bonchev–Trinajstić information content (AvgIpc) is 2.95. The molecular formula is C23H17NO2. The van der Waals surface area contributed by atoms with E-state index >= 15 is 0 Å². The maximum atomic E-state index is 13.0. The first kappa shape index (κ1) is 16.0. The van der Waals surface area contributed by atoms with E-state index in [1.54, 1.807) is 19.1 Å². The standard InChI is InChI=1S/C23H17NO2/c1-15(25)16-11-13-18(14-12-16)24-22-19-9-5-6-10-20(19)23(26)21(22)17-7-3-2-4-8-17/h2-14,24H,1H3. The summed E-state index contributed by atoms with van der Waals surface area (Å²) in [4.78, 5) is 24.5. The van der Waals surface area contributed by atoms with E-state index in [2.05, 4.69) is 5.32 Å². The SMILES string of the molecule is CC(=O)c1ccc(NC2=C(c3ccccc3)C(=O)c3ccccc32)cc1. The number of hydrogen-bond acceptors (Lipinski definition) is 3. The normalized spacial score (nSPS) is 12.9. The van der Waals surface area contributed by atoms with E-state index in [1.807, 2.05) is 66.7 Å². The molecule has 3 heteroatoms. The van der Waals surface area contributed by atoms with Crippen LogP contribution in [0.3, 0.4) is 0 Å². The van der Waals surface area contributed by atoms with Crippen molar-refractivity contribution in [1.82, 2.24) is 0 Å². The second kappa shape index (κ2) is 6.45. The number of allylic oxidation sites excluding steroid dienone is 1. The Labute approximate surface area is 152 Å². The molecule has 3 aromatic carbocycles. The topological polar surface area (TPSA) is 46.2 Å². The van der Waals surface area contributed by atoms with Crippen LogP contribution < -0.4 is 5.32 Å². The number of benzene rings is 3. The highest BCUT2D eigenvalue weighted by Crippen LogP contribution is 2.38. The van der Waals surface area contributed by atoms with Crippen molar-refractivity contribution >= 4 is 28.5 Å². The van der Waals surface area contributed by atoms with E-state index in [1.165, 1.54) is 0 Å². The summed E-state index contributed by atoms with van der Waals surface area (Å²) in [6, 6.07) is 24.6. The van der Waals surface area contributed by atoms with Gasteiger partial charge >= 0.3 is 0 Å². The third-order valence-electron chi connectivity index (χ3n) is 4.54. The lowest BCUT2D eigenvalue weighted by atomic mass is 10.0. The molecule has 0 fully saturated rings. The fourth-order valence-corrected chi connectivity index (χ4v) is 3.22. The Morgan fingerprint density at radius 1 is 0.769 bits per heavy atom. The second-order valence-corrected chi connectivity index (χ2v) is 6.25. The number of carbonyl (C=O) groups excluding carboxylic acids is 2. The molecule has 0 aromatic heterocycles. The molecule has 1 aliphatic carbocycles. The van der Waals surface area contributed by atoms with Crippen LogP contribution in [0.25, 0.3) is 11.3 Å². The van der Waals surface area contributed by atoms with E-state index in [-0.39, 0.29) is 11.6 Å². The number of ketones is 2. The zero-order chi connectivity index (χ0) is 18.1. The van der Waals surface area contributed by atoms with Gasteiger partial charge in [0.15, 0.2) is 11.6 Å². The molecule has 0 bridgehead atoms. The van der Waals surface area contributed by atoms with Crippen molar-refractivity contribution in [3.05, 3.63) is 101 Å². The lowest BCUT2D eigenvalue weighted by Crippen LogP contribution is -2.01. The molecule has 1 aliphatic rings. The zero-order valence-corrected chi connectivity index (χ0v) is 14.3. The first-order valence-electron chi connectivity index (χ1n) is 8.47. The first-order valence-corrected chi connectivity index (χ1v) is 8.47. The molecule has 3 aromatic rings. The molecule has 126 valence electrons. The Kier molecular flexibility index (Phi) is 3.98. The quantitative estimate of drug-likeness (QED) is 0.675. The fraction of sp³-hybridized carbons (Fsp3) is 0.0435. The maximum Gasteiger partial charge on any atom is 0.196 e. The van der Waals surface area contributed by atoms with Gasteiger partial charge in [-0.05, 0) is 36.8 Å². The summed E-state index contributed by atoms with van der Waals surface area (Å²) in [6.07, 6.45) is 0. The predicted molar refractivity (Wildman–Crippen MR) is 104 cm³/mol. The molecule has 0 saturated heterocycles. The van der Waals surface area contributed by atoms with Crippen molar-refractivity contribution in [2.45, 2.75) is 6.92 Å². The number of fused-ring (bicyclic) bond motifs is 1. The summed E-state index contributed by atoms with van der Waals surface area (Å²) < 4.78 is 0. The van der Waals surface area contributed by atoms with Crippen LogP contribution in [-0.2, 0) is 0 Å². The van der Waals surface area contributed by atoms with Crippen molar-refractivity contribution < 1.29 is 9.59 Å². The highest BCUT2D eigenvalue weighted by atomic mass is 16.1. The van der Waals surface area contributed by atoms with Crippen LogP contribution in [0.4, 0.5) is 5.69 Å². The van der Waals surface area contributed by atoms with Crippen LogP contribution in [0.5, 0.6) is 0 Å². The third kappa shape index (κ3) is 2.74. The van der Waals surface area contributed by atoms with Gasteiger partial charge in [-0.15, -0.1) is 0 Å². The van der Waals surface area contributed by atoms with Gasteiger partial charge in [-0.25, -0.2) is 0 Å². The lowest BCUT2D eigenvalue weighted by Gasteiger charge is -2.12. The van der Waals surface area contributed by atoms with Gasteiger partial charge in [0.1, 0.15) is 0 Å². The molecule has 0 spiro atoms. The minimum atomic E-state index is 0.0228. The number of carbonyl (C=O) groups is 2. The number of rotatable bonds is 4. The van der Waals surface area contributed by atoms with Gasteiger partial charge in [-0.2, -0.15) is 0 Å². The van der Waals surface area contributed by atoms with Crippen molar-refractivity contribution in [2.24, 2.45) is 0 Å².